The van der Waals surface area contributed by atoms with Crippen molar-refractivity contribution in [3.63, 3.8) is 0 Å². The van der Waals surface area contributed by atoms with Crippen LogP contribution in [0.15, 0.2) is 83.3 Å². The molecule has 0 saturated carbocycles. The van der Waals surface area contributed by atoms with Crippen molar-refractivity contribution in [3.8, 4) is 0 Å². The van der Waals surface area contributed by atoms with Crippen molar-refractivity contribution in [2.24, 2.45) is 41.4 Å². The monoisotopic (exact) mass is 1070 g/mol. The van der Waals surface area contributed by atoms with Gasteiger partial charge in [-0.2, -0.15) is 0 Å². The number of esters is 1. The van der Waals surface area contributed by atoms with E-state index in [9.17, 15) is 39.0 Å². The third-order valence-corrected chi connectivity index (χ3v) is 16.6. The highest BCUT2D eigenvalue weighted by Gasteiger charge is 2.49. The molecule has 426 valence electrons. The summed E-state index contributed by atoms with van der Waals surface area (Å²) >= 11 is 0. The summed E-state index contributed by atoms with van der Waals surface area (Å²) in [5.41, 5.74) is 2.96. The Morgan fingerprint density at radius 2 is 1.75 bits per heavy atom. The first-order valence-electron chi connectivity index (χ1n) is 28.1. The average Bonchev–Trinajstić information content (AvgIpc) is 3.40. The zero-order chi connectivity index (χ0) is 56.2. The largest absolute Gasteiger partial charge is 0.456 e. The van der Waals surface area contributed by atoms with Crippen LogP contribution in [0.4, 0.5) is 0 Å². The van der Waals surface area contributed by atoms with E-state index in [1.165, 1.54) is 18.2 Å². The minimum absolute atomic E-state index is 0.00724. The lowest BCUT2D eigenvalue weighted by Gasteiger charge is -2.48. The van der Waals surface area contributed by atoms with Crippen LogP contribution in [0.1, 0.15) is 132 Å². The molecule has 5 aliphatic heterocycles. The molecule has 4 amide bonds. The molecule has 1 aromatic heterocycles. The number of methoxy groups -OCH3 is 1. The number of amides is 4. The van der Waals surface area contributed by atoms with Crippen molar-refractivity contribution in [1.29, 1.82) is 0 Å². The summed E-state index contributed by atoms with van der Waals surface area (Å²) in [5.74, 6) is -4.93. The topological polar surface area (TPSA) is 247 Å². The van der Waals surface area contributed by atoms with Crippen LogP contribution in [0, 0.1) is 41.4 Å². The Morgan fingerprint density at radius 1 is 0.987 bits per heavy atom. The normalized spacial score (nSPS) is 35.9. The first kappa shape index (κ1) is 61.0. The molecule has 3 saturated heterocycles. The number of allylic oxidation sites excluding steroid dienone is 5. The molecular formula is C59H88N6O12. The number of hydrazine groups is 1. The van der Waals surface area contributed by atoms with Crippen molar-refractivity contribution >= 4 is 29.6 Å². The minimum atomic E-state index is -1.22. The van der Waals surface area contributed by atoms with E-state index in [2.05, 4.69) is 46.3 Å². The van der Waals surface area contributed by atoms with Gasteiger partial charge < -0.3 is 50.1 Å². The second kappa shape index (κ2) is 27.6. The molecule has 6 rings (SSSR count). The van der Waals surface area contributed by atoms with Gasteiger partial charge in [-0.05, 0) is 88.3 Å². The molecule has 5 aliphatic rings. The number of hydrogen-bond acceptors (Lipinski definition) is 13. The number of fused-ring (bicyclic) bond motifs is 3. The molecule has 2 unspecified atom stereocenters. The van der Waals surface area contributed by atoms with Crippen LogP contribution < -0.4 is 26.9 Å². The first-order valence-corrected chi connectivity index (χ1v) is 28.1. The van der Waals surface area contributed by atoms with Gasteiger partial charge in [0.25, 0.3) is 5.91 Å². The molecule has 7 N–H and O–H groups in total. The predicted octanol–water partition coefficient (Wildman–Crippen LogP) is 5.76. The van der Waals surface area contributed by atoms with E-state index in [0.29, 0.717) is 50.6 Å². The second-order valence-corrected chi connectivity index (χ2v) is 22.8. The number of H-pyrrole nitrogens is 1. The molecule has 18 heteroatoms. The summed E-state index contributed by atoms with van der Waals surface area (Å²) < 4.78 is 25.0. The van der Waals surface area contributed by atoms with Crippen LogP contribution in [-0.2, 0) is 49.3 Å². The van der Waals surface area contributed by atoms with Gasteiger partial charge in [-0.1, -0.05) is 103 Å². The highest BCUT2D eigenvalue weighted by Crippen LogP contribution is 2.40. The molecule has 16 atom stereocenters. The number of aromatic nitrogens is 1. The molecule has 18 nitrogen and oxygen atoms in total. The Bertz CT molecular complexity index is 2420. The zero-order valence-corrected chi connectivity index (χ0v) is 47.0. The Balaban J connectivity index is 1.19. The van der Waals surface area contributed by atoms with Crippen molar-refractivity contribution in [2.75, 3.05) is 13.7 Å². The summed E-state index contributed by atoms with van der Waals surface area (Å²) in [6, 6.07) is 1.32. The minimum Gasteiger partial charge on any atom is -0.456 e. The standard InChI is InChI=1S/C59H88N6O12/c1-11-41-32-39(7)59(63-53(41)69)30-27-38(6)49(76-59)34-47(67)36(4)20-14-12-15-21-37(5)48-25-17-13-16-24-46(66)40(8)52-43(28-29-58(9,74-10)77-52)54(70)62-51(35(2)3)55(71)61-45(33-42-22-18-26-50(68)60-42)56(72)65-31-19-23-44(64-65)57(73)75-48/h12-13,15-18,21-22,24,26-27,30,35-36,38-41,43-49,51-52,64,66-67H,11,14,19-20,23,25,28-29,31-34H2,1-10H3,(H,60,68)(H,61,71)(H,62,70)(H,63,69)/b15-12+,17-13+,24-16+,37-21+/t36-,38+,39-,40-,41-,43+,44?,45-,46-,47-,48-,49-,51-,52+,58?,59-/m0/s1. The molecule has 0 radical (unpaired) electrons. The van der Waals surface area contributed by atoms with E-state index in [1.807, 2.05) is 51.2 Å². The van der Waals surface area contributed by atoms with Crippen molar-refractivity contribution in [3.05, 3.63) is 94.5 Å². The van der Waals surface area contributed by atoms with Gasteiger partial charge in [-0.3, -0.25) is 33.8 Å². The Morgan fingerprint density at radius 3 is 2.47 bits per heavy atom. The van der Waals surface area contributed by atoms with Gasteiger partial charge >= 0.3 is 5.97 Å². The SMILES string of the molecule is CC[C@H]1C[C@H](C)[C@@]2(C=C[C@@H](C)[C@H](C[C@H](O)[C@@H](C)CC/C=C/C=C(\C)[C@@H]3C/C=C/C=C/[C@H](O)[C@H](C)[C@H]4OC(C)(OC)CC[C@H]4C(=O)N[C@@H](C(C)C)C(=O)N[C@@H](Cc4cccc(=O)[nH]4)C(=O)N4CCCC(N4)C(=O)O3)O2)NC1=O. The molecule has 6 heterocycles. The molecule has 3 fully saturated rings. The number of hydrogen-bond donors (Lipinski definition) is 7. The lowest BCUT2D eigenvalue weighted by atomic mass is 9.78. The smallest absolute Gasteiger partial charge is 0.325 e. The maximum Gasteiger partial charge on any atom is 0.325 e. The number of cyclic esters (lactones) is 1. The summed E-state index contributed by atoms with van der Waals surface area (Å²) in [7, 11) is 1.53. The fourth-order valence-corrected chi connectivity index (χ4v) is 11.0. The van der Waals surface area contributed by atoms with E-state index >= 15 is 0 Å². The number of aromatic amines is 1. The molecule has 1 aromatic rings. The third kappa shape index (κ3) is 16.0. The number of nitrogens with zero attached hydrogens (tertiary/aromatic N) is 1. The van der Waals surface area contributed by atoms with Gasteiger partial charge in [0.15, 0.2) is 11.5 Å². The maximum absolute atomic E-state index is 14.6. The summed E-state index contributed by atoms with van der Waals surface area (Å²) in [6.45, 7) is 17.5. The summed E-state index contributed by atoms with van der Waals surface area (Å²) in [6.07, 6.45) is 18.4. The lowest BCUT2D eigenvalue weighted by molar-refractivity contribution is -0.280. The Hall–Kier alpha value is -5.24. The molecule has 1 spiro atoms. The first-order chi connectivity index (χ1) is 36.6. The van der Waals surface area contributed by atoms with Crippen molar-refractivity contribution in [2.45, 2.75) is 193 Å². The summed E-state index contributed by atoms with van der Waals surface area (Å²) in [4.78, 5) is 85.3. The van der Waals surface area contributed by atoms with Crippen LogP contribution in [-0.4, -0.2) is 124 Å². The van der Waals surface area contributed by atoms with Gasteiger partial charge in [-0.25, -0.2) is 5.43 Å². The van der Waals surface area contributed by atoms with E-state index in [0.717, 1.165) is 18.4 Å². The number of aliphatic hydroxyl groups is 2. The van der Waals surface area contributed by atoms with E-state index in [-0.39, 0.29) is 60.6 Å². The highest BCUT2D eigenvalue weighted by molar-refractivity contribution is 5.93. The quantitative estimate of drug-likeness (QED) is 0.0707. The van der Waals surface area contributed by atoms with Crippen LogP contribution in [0.3, 0.4) is 0 Å². The van der Waals surface area contributed by atoms with Gasteiger partial charge in [0.1, 0.15) is 24.2 Å². The number of piperidine rings is 1. The maximum atomic E-state index is 14.6. The van der Waals surface area contributed by atoms with Crippen LogP contribution >= 0.6 is 0 Å². The number of ether oxygens (including phenoxy) is 4. The number of carbonyl (C=O) groups is 5. The Kier molecular flexibility index (Phi) is 21.8. The fourth-order valence-electron chi connectivity index (χ4n) is 11.0. The van der Waals surface area contributed by atoms with Crippen molar-refractivity contribution < 1.29 is 53.1 Å². The predicted molar refractivity (Wildman–Crippen MR) is 292 cm³/mol. The third-order valence-electron chi connectivity index (χ3n) is 16.6. The molecular weight excluding hydrogens is 985 g/mol. The fraction of sp³-hybridized carbons (Fsp3) is 0.661. The number of aliphatic hydroxyl groups excluding tert-OH is 2. The molecule has 0 aliphatic carbocycles. The molecule has 2 bridgehead atoms. The highest BCUT2D eigenvalue weighted by atomic mass is 16.7. The van der Waals surface area contributed by atoms with Gasteiger partial charge in [-0.15, -0.1) is 0 Å². The zero-order valence-electron chi connectivity index (χ0n) is 47.0. The second-order valence-electron chi connectivity index (χ2n) is 22.8. The number of nitrogens with one attached hydrogen (secondary N) is 5. The van der Waals surface area contributed by atoms with E-state index < -0.39 is 95.5 Å². The van der Waals surface area contributed by atoms with Gasteiger partial charge in [0, 0.05) is 74.8 Å². The Labute approximate surface area is 455 Å². The van der Waals surface area contributed by atoms with Crippen LogP contribution in [0.2, 0.25) is 0 Å². The van der Waals surface area contributed by atoms with Crippen molar-refractivity contribution in [1.82, 2.24) is 31.4 Å². The molecule has 0 aromatic carbocycles. The number of rotatable bonds is 13. The van der Waals surface area contributed by atoms with Crippen LogP contribution in [0.25, 0.3) is 0 Å². The van der Waals surface area contributed by atoms with Crippen LogP contribution in [0.5, 0.6) is 0 Å². The number of pyridine rings is 1. The lowest BCUT2D eigenvalue weighted by Crippen LogP contribution is -2.62. The van der Waals surface area contributed by atoms with Gasteiger partial charge in [0.2, 0.25) is 23.3 Å². The molecule has 77 heavy (non-hydrogen) atoms. The number of carbonyl (C=O) groups excluding carboxylic acids is 5. The average molecular weight is 1070 g/mol. The van der Waals surface area contributed by atoms with Gasteiger partial charge in [0.05, 0.1) is 30.3 Å². The summed E-state index contributed by atoms with van der Waals surface area (Å²) in [5, 5.41) is 33.2. The van der Waals surface area contributed by atoms with E-state index in [1.54, 1.807) is 58.1 Å². The van der Waals surface area contributed by atoms with E-state index in [4.69, 9.17) is 18.9 Å².